The maximum atomic E-state index is 12.7. The molecule has 0 radical (unpaired) electrons. The van der Waals surface area contributed by atoms with E-state index >= 15 is 0 Å². The highest BCUT2D eigenvalue weighted by Gasteiger charge is 2.56. The van der Waals surface area contributed by atoms with Gasteiger partial charge in [-0.25, -0.2) is 0 Å². The van der Waals surface area contributed by atoms with Crippen molar-refractivity contribution in [2.45, 2.75) is 63.2 Å². The van der Waals surface area contributed by atoms with Gasteiger partial charge in [0.1, 0.15) is 5.78 Å². The fourth-order valence-electron chi connectivity index (χ4n) is 6.75. The molecule has 2 fully saturated rings. The predicted molar refractivity (Wildman–Crippen MR) is 118 cm³/mol. The third kappa shape index (κ3) is 3.08. The van der Waals surface area contributed by atoms with E-state index in [1.54, 1.807) is 5.57 Å². The number of allylic oxidation sites excluding steroid dienone is 4. The van der Waals surface area contributed by atoms with Gasteiger partial charge in [-0.1, -0.05) is 42.3 Å². The molecule has 4 aliphatic carbocycles. The van der Waals surface area contributed by atoms with Crippen molar-refractivity contribution in [2.75, 3.05) is 5.75 Å². The highest BCUT2D eigenvalue weighted by molar-refractivity contribution is 7.99. The molecular formula is C26H30O2S. The van der Waals surface area contributed by atoms with Crippen LogP contribution < -0.4 is 0 Å². The molecule has 2 unspecified atom stereocenters. The van der Waals surface area contributed by atoms with Gasteiger partial charge in [-0.2, -0.15) is 0 Å². The summed E-state index contributed by atoms with van der Waals surface area (Å²) >= 11 is 1.93. The number of carbonyl (C=O) groups excluding carboxylic acids is 2. The topological polar surface area (TPSA) is 34.1 Å². The number of rotatable bonds is 4. The first-order valence-electron chi connectivity index (χ1n) is 11.2. The lowest BCUT2D eigenvalue weighted by molar-refractivity contribution is -0.127. The second-order valence-corrected chi connectivity index (χ2v) is 10.8. The summed E-state index contributed by atoms with van der Waals surface area (Å²) in [6.07, 6.45) is 12.0. The maximum absolute atomic E-state index is 12.7. The summed E-state index contributed by atoms with van der Waals surface area (Å²) < 4.78 is 0. The Morgan fingerprint density at radius 3 is 2.72 bits per heavy atom. The van der Waals surface area contributed by atoms with Crippen molar-refractivity contribution >= 4 is 23.3 Å². The molecule has 0 bridgehead atoms. The van der Waals surface area contributed by atoms with E-state index in [0.717, 1.165) is 50.7 Å². The monoisotopic (exact) mass is 406 g/mol. The quantitative estimate of drug-likeness (QED) is 0.443. The number of benzene rings is 1. The van der Waals surface area contributed by atoms with Gasteiger partial charge in [-0.05, 0) is 74.3 Å². The van der Waals surface area contributed by atoms with Crippen LogP contribution in [-0.2, 0) is 9.59 Å². The van der Waals surface area contributed by atoms with Crippen LogP contribution in [0.2, 0.25) is 0 Å². The molecular weight excluding hydrogens is 376 g/mol. The Kier molecular flexibility index (Phi) is 4.85. The fourth-order valence-corrected chi connectivity index (χ4v) is 7.78. The van der Waals surface area contributed by atoms with E-state index in [0.29, 0.717) is 29.8 Å². The zero-order valence-electron chi connectivity index (χ0n) is 17.3. The Bertz CT molecular complexity index is 899. The molecule has 2 nitrogen and oxygen atoms in total. The number of carbonyl (C=O) groups is 2. The molecule has 0 heterocycles. The van der Waals surface area contributed by atoms with Crippen LogP contribution in [0.4, 0.5) is 0 Å². The molecule has 152 valence electrons. The van der Waals surface area contributed by atoms with Crippen molar-refractivity contribution in [1.29, 1.82) is 0 Å². The van der Waals surface area contributed by atoms with Gasteiger partial charge in [-0.3, -0.25) is 9.59 Å². The molecule has 3 heteroatoms. The molecule has 4 aliphatic rings. The largest absolute Gasteiger partial charge is 0.299 e. The number of Topliss-reactive ketones (excluding diaryl/α,β-unsaturated/α-hetero) is 1. The van der Waals surface area contributed by atoms with Gasteiger partial charge in [0.2, 0.25) is 0 Å². The predicted octanol–water partition coefficient (Wildman–Crippen LogP) is 6.17. The summed E-state index contributed by atoms with van der Waals surface area (Å²) in [5.41, 5.74) is 2.90. The zero-order valence-corrected chi connectivity index (χ0v) is 18.1. The van der Waals surface area contributed by atoms with Gasteiger partial charge in [0, 0.05) is 28.6 Å². The summed E-state index contributed by atoms with van der Waals surface area (Å²) in [7, 11) is 0. The molecule has 1 aromatic rings. The van der Waals surface area contributed by atoms with Crippen LogP contribution in [0, 0.1) is 22.7 Å². The maximum Gasteiger partial charge on any atom is 0.155 e. The van der Waals surface area contributed by atoms with Crippen LogP contribution in [-0.4, -0.2) is 17.3 Å². The van der Waals surface area contributed by atoms with E-state index in [1.807, 2.05) is 17.8 Å². The molecule has 0 aliphatic heterocycles. The summed E-state index contributed by atoms with van der Waals surface area (Å²) in [4.78, 5) is 26.2. The minimum Gasteiger partial charge on any atom is -0.299 e. The first kappa shape index (κ1) is 19.4. The molecule has 0 spiro atoms. The van der Waals surface area contributed by atoms with Crippen molar-refractivity contribution in [1.82, 2.24) is 0 Å². The first-order valence-corrected chi connectivity index (χ1v) is 12.2. The second-order valence-electron chi connectivity index (χ2n) is 9.62. The van der Waals surface area contributed by atoms with E-state index in [4.69, 9.17) is 0 Å². The third-order valence-corrected chi connectivity index (χ3v) is 9.35. The number of fused-ring (bicyclic) bond motifs is 5. The van der Waals surface area contributed by atoms with Gasteiger partial charge in [0.25, 0.3) is 0 Å². The van der Waals surface area contributed by atoms with E-state index in [2.05, 4.69) is 43.3 Å². The van der Waals surface area contributed by atoms with E-state index in [1.165, 1.54) is 10.5 Å². The van der Waals surface area contributed by atoms with Crippen molar-refractivity contribution < 1.29 is 9.59 Å². The normalized spacial score (nSPS) is 36.0. The Morgan fingerprint density at radius 2 is 1.90 bits per heavy atom. The lowest BCUT2D eigenvalue weighted by Gasteiger charge is -2.53. The highest BCUT2D eigenvalue weighted by Crippen LogP contribution is 2.63. The Balaban J connectivity index is 1.47. The fraction of sp³-hybridized carbons (Fsp3) is 0.538. The van der Waals surface area contributed by atoms with Crippen LogP contribution in [0.5, 0.6) is 0 Å². The summed E-state index contributed by atoms with van der Waals surface area (Å²) in [6, 6.07) is 10.6. The van der Waals surface area contributed by atoms with Crippen molar-refractivity contribution in [3.8, 4) is 0 Å². The molecule has 5 rings (SSSR count). The van der Waals surface area contributed by atoms with Crippen LogP contribution in [0.3, 0.4) is 0 Å². The molecule has 0 N–H and O–H groups in total. The van der Waals surface area contributed by atoms with Crippen molar-refractivity contribution in [3.05, 3.63) is 53.6 Å². The van der Waals surface area contributed by atoms with Gasteiger partial charge >= 0.3 is 0 Å². The number of thioether (sulfide) groups is 1. The zero-order chi connectivity index (χ0) is 20.1. The molecule has 0 saturated heterocycles. The lowest BCUT2D eigenvalue weighted by Crippen LogP contribution is -2.45. The lowest BCUT2D eigenvalue weighted by atomic mass is 9.50. The SMILES string of the molecule is C[C@]12CC=C3C(CCC4=CC(=O)CC[C@@]43CCSc3ccccc3)C1CCC2=O. The summed E-state index contributed by atoms with van der Waals surface area (Å²) in [5, 5.41) is 0. The number of hydrogen-bond acceptors (Lipinski definition) is 3. The van der Waals surface area contributed by atoms with Crippen LogP contribution in [0.15, 0.2) is 58.5 Å². The molecule has 2 saturated carbocycles. The molecule has 0 amide bonds. The van der Waals surface area contributed by atoms with Gasteiger partial charge in [0.05, 0.1) is 0 Å². The standard InChI is InChI=1S/C26H30O2S/c1-25-13-12-23-21(22(25)9-10-24(25)28)8-7-18-17-19(27)11-14-26(18,23)15-16-29-20-5-3-2-4-6-20/h2-6,12,17,21-22H,7-11,13-16H2,1H3/t21?,22?,25-,26+/m0/s1. The van der Waals surface area contributed by atoms with Crippen LogP contribution in [0.1, 0.15) is 58.3 Å². The second kappa shape index (κ2) is 7.27. The van der Waals surface area contributed by atoms with E-state index in [9.17, 15) is 9.59 Å². The number of ketones is 2. The van der Waals surface area contributed by atoms with Crippen molar-refractivity contribution in [2.24, 2.45) is 22.7 Å². The smallest absolute Gasteiger partial charge is 0.155 e. The Hall–Kier alpha value is -1.61. The van der Waals surface area contributed by atoms with E-state index < -0.39 is 0 Å². The van der Waals surface area contributed by atoms with Crippen molar-refractivity contribution in [3.63, 3.8) is 0 Å². The van der Waals surface area contributed by atoms with Gasteiger partial charge < -0.3 is 0 Å². The van der Waals surface area contributed by atoms with Crippen LogP contribution in [0.25, 0.3) is 0 Å². The summed E-state index contributed by atoms with van der Waals surface area (Å²) in [5.74, 6) is 2.90. The molecule has 1 aromatic carbocycles. The minimum atomic E-state index is -0.139. The van der Waals surface area contributed by atoms with E-state index in [-0.39, 0.29) is 10.8 Å². The highest BCUT2D eigenvalue weighted by atomic mass is 32.2. The van der Waals surface area contributed by atoms with Crippen LogP contribution >= 0.6 is 11.8 Å². The van der Waals surface area contributed by atoms with Gasteiger partial charge in [-0.15, -0.1) is 11.8 Å². The average molecular weight is 407 g/mol. The molecule has 29 heavy (non-hydrogen) atoms. The first-order chi connectivity index (χ1) is 14.0. The third-order valence-electron chi connectivity index (χ3n) is 8.34. The van der Waals surface area contributed by atoms with Gasteiger partial charge in [0.15, 0.2) is 5.78 Å². The molecule has 0 aromatic heterocycles. The minimum absolute atomic E-state index is 0.0611. The average Bonchev–Trinajstić information content (AvgIpc) is 3.04. The Labute approximate surface area is 178 Å². The molecule has 4 atom stereocenters. The summed E-state index contributed by atoms with van der Waals surface area (Å²) in [6.45, 7) is 2.22. The Morgan fingerprint density at radius 1 is 1.07 bits per heavy atom. The number of hydrogen-bond donors (Lipinski definition) is 0.